The molecule has 0 saturated heterocycles. The van der Waals surface area contributed by atoms with Crippen molar-refractivity contribution in [1.82, 2.24) is 10.3 Å². The average Bonchev–Trinajstić information content (AvgIpc) is 2.76. The zero-order valence-electron chi connectivity index (χ0n) is 22.8. The summed E-state index contributed by atoms with van der Waals surface area (Å²) in [6.45, 7) is 9.49. The predicted molar refractivity (Wildman–Crippen MR) is 139 cm³/mol. The maximum absolute atomic E-state index is 14.0. The number of halogens is 3. The van der Waals surface area contributed by atoms with Gasteiger partial charge in [-0.3, -0.25) is 4.98 Å². The molecule has 0 aliphatic heterocycles. The molecular formula is C26H35F3N2O7S. The number of fused-ring (bicyclic) bond motifs is 1. The third-order valence-electron chi connectivity index (χ3n) is 5.40. The van der Waals surface area contributed by atoms with Gasteiger partial charge in [-0.15, -0.1) is 0 Å². The van der Waals surface area contributed by atoms with Crippen molar-refractivity contribution in [3.05, 3.63) is 42.2 Å². The Balaban J connectivity index is 2.21. The summed E-state index contributed by atoms with van der Waals surface area (Å²) in [5.74, 6) is -2.77. The number of carbonyl (C=O) groups is 2. The lowest BCUT2D eigenvalue weighted by atomic mass is 9.94. The number of nitrogens with one attached hydrogen (secondary N) is 1. The van der Waals surface area contributed by atoms with Gasteiger partial charge in [-0.2, -0.15) is 13.2 Å². The van der Waals surface area contributed by atoms with Crippen molar-refractivity contribution in [2.75, 3.05) is 11.5 Å². The number of rotatable bonds is 9. The number of esters is 1. The van der Waals surface area contributed by atoms with E-state index in [1.165, 1.54) is 6.20 Å². The Morgan fingerprint density at radius 2 is 1.54 bits per heavy atom. The van der Waals surface area contributed by atoms with Gasteiger partial charge in [0.05, 0.1) is 17.2 Å². The SMILES string of the molecule is CC(C)(C)OC(=O)N[C@@H](CCS(=O)(=O)CCC(O)(c1cc2ccccc2cn1)C(F)(F)F)C(=O)OC(C)(C)C. The second kappa shape index (κ2) is 11.7. The van der Waals surface area contributed by atoms with Crippen molar-refractivity contribution in [3.63, 3.8) is 0 Å². The van der Waals surface area contributed by atoms with Crippen molar-refractivity contribution < 1.29 is 45.8 Å². The Hall–Kier alpha value is -2.93. The van der Waals surface area contributed by atoms with E-state index in [1.54, 1.807) is 65.8 Å². The molecule has 2 N–H and O–H groups in total. The monoisotopic (exact) mass is 576 g/mol. The van der Waals surface area contributed by atoms with Crippen LogP contribution in [-0.4, -0.2) is 65.5 Å². The van der Waals surface area contributed by atoms with Crippen LogP contribution in [0, 0.1) is 0 Å². The molecule has 0 aliphatic carbocycles. The van der Waals surface area contributed by atoms with Gasteiger partial charge in [0.1, 0.15) is 17.2 Å². The minimum Gasteiger partial charge on any atom is -0.458 e. The molecule has 218 valence electrons. The van der Waals surface area contributed by atoms with Gasteiger partial charge in [0.25, 0.3) is 0 Å². The first kappa shape index (κ1) is 32.3. The molecule has 1 heterocycles. The normalized spacial score (nSPS) is 15.3. The second-order valence-electron chi connectivity index (χ2n) is 11.2. The molecule has 39 heavy (non-hydrogen) atoms. The van der Waals surface area contributed by atoms with Crippen molar-refractivity contribution in [2.24, 2.45) is 0 Å². The number of hydrogen-bond acceptors (Lipinski definition) is 8. The number of sulfone groups is 1. The minimum atomic E-state index is -5.23. The molecule has 0 saturated carbocycles. The molecule has 2 aromatic rings. The van der Waals surface area contributed by atoms with Crippen LogP contribution in [-0.2, 0) is 29.7 Å². The summed E-state index contributed by atoms with van der Waals surface area (Å²) in [5, 5.41) is 13.9. The molecule has 1 aromatic heterocycles. The molecular weight excluding hydrogens is 541 g/mol. The number of hydrogen-bond donors (Lipinski definition) is 2. The molecule has 0 spiro atoms. The van der Waals surface area contributed by atoms with Gasteiger partial charge in [0, 0.05) is 18.0 Å². The highest BCUT2D eigenvalue weighted by Gasteiger charge is 2.56. The van der Waals surface area contributed by atoms with Gasteiger partial charge in [-0.05, 0) is 59.4 Å². The second-order valence-corrected chi connectivity index (χ2v) is 13.5. The highest BCUT2D eigenvalue weighted by atomic mass is 32.2. The standard InChI is InChI=1S/C26H35F3N2O7S/c1-23(2,3)37-21(32)19(31-22(33)38-24(4,5)6)11-13-39(35,36)14-12-25(34,26(27,28)29)20-15-17-9-7-8-10-18(17)16-30-20/h7-10,15-16,19,34H,11-14H2,1-6H3,(H,31,33)/t19-,25?/m0/s1. The van der Waals surface area contributed by atoms with Crippen LogP contribution in [0.2, 0.25) is 0 Å². The topological polar surface area (TPSA) is 132 Å². The first-order chi connectivity index (χ1) is 17.6. The van der Waals surface area contributed by atoms with Crippen molar-refractivity contribution in [2.45, 2.75) is 83.4 Å². The minimum absolute atomic E-state index is 0.390. The van der Waals surface area contributed by atoms with Gasteiger partial charge < -0.3 is 19.9 Å². The van der Waals surface area contributed by atoms with Crippen molar-refractivity contribution >= 4 is 32.7 Å². The van der Waals surface area contributed by atoms with E-state index >= 15 is 0 Å². The van der Waals surface area contributed by atoms with Crippen LogP contribution in [0.15, 0.2) is 36.5 Å². The Morgan fingerprint density at radius 3 is 2.08 bits per heavy atom. The van der Waals surface area contributed by atoms with Crippen LogP contribution < -0.4 is 5.32 Å². The zero-order chi connectivity index (χ0) is 29.9. The molecule has 1 amide bonds. The third-order valence-corrected chi connectivity index (χ3v) is 7.08. The summed E-state index contributed by atoms with van der Waals surface area (Å²) in [5.41, 5.74) is -6.14. The number of benzene rings is 1. The largest absolute Gasteiger partial charge is 0.458 e. The van der Waals surface area contributed by atoms with E-state index in [1.807, 2.05) is 0 Å². The molecule has 2 atom stereocenters. The molecule has 13 heteroatoms. The number of alkyl halides is 3. The number of amides is 1. The maximum atomic E-state index is 14.0. The molecule has 0 radical (unpaired) electrons. The average molecular weight is 577 g/mol. The fraction of sp³-hybridized carbons (Fsp3) is 0.577. The van der Waals surface area contributed by atoms with Gasteiger partial charge >= 0.3 is 18.2 Å². The van der Waals surface area contributed by atoms with Crippen LogP contribution in [0.4, 0.5) is 18.0 Å². The van der Waals surface area contributed by atoms with Crippen molar-refractivity contribution in [3.8, 4) is 0 Å². The maximum Gasteiger partial charge on any atom is 0.423 e. The Bertz CT molecular complexity index is 1280. The lowest BCUT2D eigenvalue weighted by Gasteiger charge is -2.30. The number of ether oxygens (including phenoxy) is 2. The lowest BCUT2D eigenvalue weighted by Crippen LogP contribution is -2.47. The van der Waals surface area contributed by atoms with E-state index in [0.717, 1.165) is 6.07 Å². The van der Waals surface area contributed by atoms with E-state index in [9.17, 15) is 36.3 Å². The van der Waals surface area contributed by atoms with Crippen LogP contribution in [0.25, 0.3) is 10.8 Å². The van der Waals surface area contributed by atoms with Crippen LogP contribution in [0.3, 0.4) is 0 Å². The van der Waals surface area contributed by atoms with Gasteiger partial charge in [0.15, 0.2) is 9.84 Å². The number of aliphatic hydroxyl groups is 1. The lowest BCUT2D eigenvalue weighted by molar-refractivity contribution is -0.268. The number of carbonyl (C=O) groups excluding carboxylic acids is 2. The fourth-order valence-electron chi connectivity index (χ4n) is 3.50. The van der Waals surface area contributed by atoms with E-state index in [-0.39, 0.29) is 0 Å². The predicted octanol–water partition coefficient (Wildman–Crippen LogP) is 4.41. The summed E-state index contributed by atoms with van der Waals surface area (Å²) < 4.78 is 78.0. The van der Waals surface area contributed by atoms with E-state index in [2.05, 4.69) is 10.3 Å². The zero-order valence-corrected chi connectivity index (χ0v) is 23.6. The molecule has 0 bridgehead atoms. The summed E-state index contributed by atoms with van der Waals surface area (Å²) in [7, 11) is -4.26. The van der Waals surface area contributed by atoms with E-state index in [4.69, 9.17) is 9.47 Å². The molecule has 1 aromatic carbocycles. The molecule has 1 unspecified atom stereocenters. The molecule has 9 nitrogen and oxygen atoms in total. The van der Waals surface area contributed by atoms with Gasteiger partial charge in [0.2, 0.25) is 5.60 Å². The third kappa shape index (κ3) is 9.64. The fourth-order valence-corrected chi connectivity index (χ4v) is 4.90. The molecule has 0 aliphatic rings. The number of alkyl carbamates (subject to hydrolysis) is 1. The highest BCUT2D eigenvalue weighted by Crippen LogP contribution is 2.41. The van der Waals surface area contributed by atoms with Crippen LogP contribution >= 0.6 is 0 Å². The van der Waals surface area contributed by atoms with Crippen LogP contribution in [0.1, 0.15) is 60.1 Å². The Morgan fingerprint density at radius 1 is 0.974 bits per heavy atom. The Kier molecular flexibility index (Phi) is 9.66. The van der Waals surface area contributed by atoms with Gasteiger partial charge in [-0.25, -0.2) is 18.0 Å². The highest BCUT2D eigenvalue weighted by molar-refractivity contribution is 7.91. The van der Waals surface area contributed by atoms with Gasteiger partial charge in [-0.1, -0.05) is 24.3 Å². The summed E-state index contributed by atoms with van der Waals surface area (Å²) >= 11 is 0. The summed E-state index contributed by atoms with van der Waals surface area (Å²) in [6, 6.07) is 6.08. The van der Waals surface area contributed by atoms with E-state index in [0.29, 0.717) is 10.8 Å². The van der Waals surface area contributed by atoms with Crippen molar-refractivity contribution in [1.29, 1.82) is 0 Å². The number of aromatic nitrogens is 1. The van der Waals surface area contributed by atoms with Crippen LogP contribution in [0.5, 0.6) is 0 Å². The quantitative estimate of drug-likeness (QED) is 0.420. The molecule has 2 rings (SSSR count). The number of pyridine rings is 1. The summed E-state index contributed by atoms with van der Waals surface area (Å²) in [6.07, 6.45) is -6.76. The Labute approximate surface area is 226 Å². The summed E-state index contributed by atoms with van der Waals surface area (Å²) in [4.78, 5) is 28.6. The first-order valence-corrected chi connectivity index (χ1v) is 14.0. The molecule has 0 fully saturated rings. The first-order valence-electron chi connectivity index (χ1n) is 12.2. The smallest absolute Gasteiger partial charge is 0.423 e. The van der Waals surface area contributed by atoms with E-state index < -0.39 is 81.0 Å². The number of nitrogens with zero attached hydrogens (tertiary/aromatic N) is 1.